The molecule has 0 saturated carbocycles. The lowest BCUT2D eigenvalue weighted by molar-refractivity contribution is -0.143. The van der Waals surface area contributed by atoms with Crippen molar-refractivity contribution in [3.8, 4) is 0 Å². The highest BCUT2D eigenvalue weighted by molar-refractivity contribution is 14.0. The monoisotopic (exact) mass is 535 g/mol. The Morgan fingerprint density at radius 3 is 2.31 bits per heavy atom. The number of nitrogens with one attached hydrogen (secondary N) is 2. The van der Waals surface area contributed by atoms with E-state index in [9.17, 15) is 13.2 Å². The van der Waals surface area contributed by atoms with E-state index in [0.717, 1.165) is 13.1 Å². The molecule has 0 aromatic carbocycles. The van der Waals surface area contributed by atoms with Gasteiger partial charge in [-0.2, -0.15) is 13.2 Å². The zero-order valence-corrected chi connectivity index (χ0v) is 20.5. The number of likely N-dealkylation sites (tertiary alicyclic amines) is 1. The van der Waals surface area contributed by atoms with Gasteiger partial charge in [-0.1, -0.05) is 0 Å². The summed E-state index contributed by atoms with van der Waals surface area (Å²) in [4.78, 5) is 8.59. The molecule has 2 saturated heterocycles. The summed E-state index contributed by atoms with van der Waals surface area (Å²) in [6, 6.07) is -0.0216. The maximum Gasteiger partial charge on any atom is 0.401 e. The molecule has 0 aromatic heterocycles. The van der Waals surface area contributed by atoms with E-state index in [-0.39, 0.29) is 47.8 Å². The summed E-state index contributed by atoms with van der Waals surface area (Å²) in [5.74, 6) is 0.670. The minimum Gasteiger partial charge on any atom is -0.373 e. The van der Waals surface area contributed by atoms with Crippen molar-refractivity contribution in [2.45, 2.75) is 71.0 Å². The summed E-state index contributed by atoms with van der Waals surface area (Å²) in [7, 11) is 0. The van der Waals surface area contributed by atoms with Crippen molar-refractivity contribution in [1.29, 1.82) is 0 Å². The van der Waals surface area contributed by atoms with E-state index in [2.05, 4.69) is 43.2 Å². The van der Waals surface area contributed by atoms with Gasteiger partial charge in [0.15, 0.2) is 5.96 Å². The summed E-state index contributed by atoms with van der Waals surface area (Å²) < 4.78 is 43.6. The number of hydrogen-bond donors (Lipinski definition) is 2. The van der Waals surface area contributed by atoms with E-state index in [4.69, 9.17) is 9.73 Å². The Labute approximate surface area is 190 Å². The number of halogens is 4. The van der Waals surface area contributed by atoms with Crippen LogP contribution in [-0.2, 0) is 4.74 Å². The molecule has 10 heteroatoms. The minimum absolute atomic E-state index is 0. The predicted octanol–water partition coefficient (Wildman–Crippen LogP) is 2.68. The Hall–Kier alpha value is -0.330. The highest BCUT2D eigenvalue weighted by Gasteiger charge is 2.35. The van der Waals surface area contributed by atoms with E-state index in [1.165, 1.54) is 4.90 Å². The summed E-state index contributed by atoms with van der Waals surface area (Å²) in [6.45, 7) is 13.5. The largest absolute Gasteiger partial charge is 0.401 e. The van der Waals surface area contributed by atoms with Gasteiger partial charge >= 0.3 is 6.18 Å². The summed E-state index contributed by atoms with van der Waals surface area (Å²) >= 11 is 0. The van der Waals surface area contributed by atoms with Crippen LogP contribution in [0, 0.1) is 0 Å². The van der Waals surface area contributed by atoms with Crippen molar-refractivity contribution in [3.63, 3.8) is 0 Å². The van der Waals surface area contributed by atoms with Crippen LogP contribution in [0.15, 0.2) is 4.99 Å². The van der Waals surface area contributed by atoms with E-state index >= 15 is 0 Å². The first-order valence-corrected chi connectivity index (χ1v) is 10.2. The molecule has 29 heavy (non-hydrogen) atoms. The zero-order chi connectivity index (χ0) is 20.9. The Morgan fingerprint density at radius 1 is 1.14 bits per heavy atom. The molecule has 3 atom stereocenters. The van der Waals surface area contributed by atoms with Crippen LogP contribution in [0.25, 0.3) is 0 Å². The maximum absolute atomic E-state index is 12.6. The third kappa shape index (κ3) is 9.14. The van der Waals surface area contributed by atoms with E-state index < -0.39 is 12.7 Å². The number of nitrogens with zero attached hydrogens (tertiary/aromatic N) is 3. The molecule has 0 aromatic rings. The number of aliphatic imine (C=N–C) groups is 1. The van der Waals surface area contributed by atoms with Gasteiger partial charge in [0.05, 0.1) is 25.3 Å². The van der Waals surface area contributed by atoms with Gasteiger partial charge in [-0.15, -0.1) is 24.0 Å². The van der Waals surface area contributed by atoms with Crippen LogP contribution < -0.4 is 10.6 Å². The fourth-order valence-electron chi connectivity index (χ4n) is 3.91. The number of guanidine groups is 1. The number of morpholine rings is 1. The SMILES string of the molecule is CCNC(=NCC(C)(C)N1CC(C)OC(C)C1)NC1CCN(CC(F)(F)F)C1.I. The molecule has 0 radical (unpaired) electrons. The van der Waals surface area contributed by atoms with Gasteiger partial charge < -0.3 is 15.4 Å². The van der Waals surface area contributed by atoms with Crippen LogP contribution in [-0.4, -0.2) is 91.5 Å². The Bertz CT molecular complexity index is 522. The van der Waals surface area contributed by atoms with Crippen LogP contribution >= 0.6 is 24.0 Å². The third-order valence-corrected chi connectivity index (χ3v) is 5.26. The molecule has 2 aliphatic heterocycles. The van der Waals surface area contributed by atoms with Crippen LogP contribution in [0.1, 0.15) is 41.0 Å². The summed E-state index contributed by atoms with van der Waals surface area (Å²) in [5, 5.41) is 6.53. The zero-order valence-electron chi connectivity index (χ0n) is 18.2. The Kier molecular flexibility index (Phi) is 10.4. The standard InChI is InChI=1S/C19H36F3N5O.HI/c1-6-23-17(25-16-7-8-26(11-16)13-19(20,21)22)24-12-18(4,5)27-9-14(2)28-15(3)10-27;/h14-16H,6-13H2,1-5H3,(H2,23,24,25);1H. The molecule has 3 unspecified atom stereocenters. The molecule has 2 aliphatic rings. The van der Waals surface area contributed by atoms with Crippen molar-refractivity contribution >= 4 is 29.9 Å². The van der Waals surface area contributed by atoms with E-state index in [0.29, 0.717) is 38.6 Å². The number of alkyl halides is 3. The molecule has 2 rings (SSSR count). The van der Waals surface area contributed by atoms with Crippen molar-refractivity contribution < 1.29 is 17.9 Å². The number of ether oxygens (including phenoxy) is 1. The number of rotatable bonds is 6. The second-order valence-corrected chi connectivity index (χ2v) is 8.65. The highest BCUT2D eigenvalue weighted by Crippen LogP contribution is 2.22. The maximum atomic E-state index is 12.6. The van der Waals surface area contributed by atoms with Gasteiger partial charge in [0.1, 0.15) is 0 Å². The molecule has 0 amide bonds. The lowest BCUT2D eigenvalue weighted by Crippen LogP contribution is -2.56. The fraction of sp³-hybridized carbons (Fsp3) is 0.947. The molecule has 2 N–H and O–H groups in total. The van der Waals surface area contributed by atoms with Gasteiger partial charge in [0, 0.05) is 44.3 Å². The van der Waals surface area contributed by atoms with Gasteiger partial charge in [0.25, 0.3) is 0 Å². The van der Waals surface area contributed by atoms with Crippen molar-refractivity contribution in [3.05, 3.63) is 0 Å². The number of hydrogen-bond acceptors (Lipinski definition) is 4. The molecule has 2 fully saturated rings. The molecule has 0 bridgehead atoms. The molecule has 6 nitrogen and oxygen atoms in total. The summed E-state index contributed by atoms with van der Waals surface area (Å²) in [5.41, 5.74) is -0.132. The average molecular weight is 535 g/mol. The smallest absolute Gasteiger partial charge is 0.373 e. The lowest BCUT2D eigenvalue weighted by Gasteiger charge is -2.44. The molecule has 2 heterocycles. The second kappa shape index (κ2) is 11.3. The quantitative estimate of drug-likeness (QED) is 0.312. The predicted molar refractivity (Wildman–Crippen MR) is 121 cm³/mol. The second-order valence-electron chi connectivity index (χ2n) is 8.65. The van der Waals surface area contributed by atoms with Crippen LogP contribution in [0.2, 0.25) is 0 Å². The topological polar surface area (TPSA) is 52.1 Å². The normalized spacial score (nSPS) is 27.6. The molecule has 172 valence electrons. The molecule has 0 aliphatic carbocycles. The molecule has 0 spiro atoms. The van der Waals surface area contributed by atoms with Gasteiger partial charge in [-0.25, -0.2) is 0 Å². The van der Waals surface area contributed by atoms with Gasteiger partial charge in [-0.3, -0.25) is 14.8 Å². The van der Waals surface area contributed by atoms with Crippen LogP contribution in [0.5, 0.6) is 0 Å². The first kappa shape index (κ1) is 26.7. The van der Waals surface area contributed by atoms with Crippen LogP contribution in [0.3, 0.4) is 0 Å². The van der Waals surface area contributed by atoms with E-state index in [1.54, 1.807) is 0 Å². The van der Waals surface area contributed by atoms with Crippen LogP contribution in [0.4, 0.5) is 13.2 Å². The molecular weight excluding hydrogens is 498 g/mol. The minimum atomic E-state index is -4.15. The first-order chi connectivity index (χ1) is 13.0. The van der Waals surface area contributed by atoms with Gasteiger partial charge in [0.2, 0.25) is 0 Å². The van der Waals surface area contributed by atoms with Crippen molar-refractivity contribution in [2.75, 3.05) is 45.8 Å². The first-order valence-electron chi connectivity index (χ1n) is 10.2. The van der Waals surface area contributed by atoms with Crippen molar-refractivity contribution in [2.24, 2.45) is 4.99 Å². The lowest BCUT2D eigenvalue weighted by atomic mass is 10.0. The van der Waals surface area contributed by atoms with E-state index in [1.807, 2.05) is 6.92 Å². The Morgan fingerprint density at radius 2 is 1.76 bits per heavy atom. The average Bonchev–Trinajstić information content (AvgIpc) is 2.97. The van der Waals surface area contributed by atoms with Gasteiger partial charge in [-0.05, 0) is 41.0 Å². The molecular formula is C19H37F3IN5O. The Balaban J connectivity index is 0.00000420. The highest BCUT2D eigenvalue weighted by atomic mass is 127. The summed E-state index contributed by atoms with van der Waals surface area (Å²) in [6.07, 6.45) is -3.08. The van der Waals surface area contributed by atoms with Crippen molar-refractivity contribution in [1.82, 2.24) is 20.4 Å². The fourth-order valence-corrected chi connectivity index (χ4v) is 3.91. The third-order valence-electron chi connectivity index (χ3n) is 5.26.